The van der Waals surface area contributed by atoms with Crippen molar-refractivity contribution in [3.05, 3.63) is 155 Å². The Morgan fingerprint density at radius 1 is 0.400 bits per heavy atom. The summed E-state index contributed by atoms with van der Waals surface area (Å²) >= 11 is 0. The second-order valence-electron chi connectivity index (χ2n) is 9.97. The number of hydrogen-bond donors (Lipinski definition) is 0. The van der Waals surface area contributed by atoms with Crippen LogP contribution in [0.4, 0.5) is 0 Å². The van der Waals surface area contributed by atoms with E-state index in [1.165, 1.54) is 66.1 Å². The minimum atomic E-state index is -0.370. The first-order valence-corrected chi connectivity index (χ1v) is 12.4. The summed E-state index contributed by atoms with van der Waals surface area (Å²) in [6, 6.07) is 45.6. The topological polar surface area (TPSA) is 0 Å². The molecule has 0 aliphatic heterocycles. The van der Waals surface area contributed by atoms with E-state index >= 15 is 0 Å². The molecule has 0 aromatic heterocycles. The van der Waals surface area contributed by atoms with E-state index in [0.29, 0.717) is 0 Å². The molecule has 6 aromatic carbocycles. The lowest BCUT2D eigenvalue weighted by Gasteiger charge is -2.34. The number of aryl methyl sites for hydroxylation is 2. The van der Waals surface area contributed by atoms with E-state index in [9.17, 15) is 0 Å². The van der Waals surface area contributed by atoms with Crippen molar-refractivity contribution in [2.24, 2.45) is 0 Å². The molecule has 1 aliphatic carbocycles. The monoisotopic (exact) mass is 446 g/mol. The van der Waals surface area contributed by atoms with Gasteiger partial charge in [-0.25, -0.2) is 0 Å². The van der Waals surface area contributed by atoms with Gasteiger partial charge in [-0.2, -0.15) is 0 Å². The Bertz CT molecular complexity index is 1640. The predicted octanol–water partition coefficient (Wildman–Crippen LogP) is 8.97. The molecular formula is C35H26. The van der Waals surface area contributed by atoms with Gasteiger partial charge in [0.1, 0.15) is 0 Å². The van der Waals surface area contributed by atoms with Gasteiger partial charge in [0.05, 0.1) is 5.41 Å². The Morgan fingerprint density at radius 2 is 0.800 bits per heavy atom. The van der Waals surface area contributed by atoms with Crippen LogP contribution in [0.25, 0.3) is 32.7 Å². The largest absolute Gasteiger partial charge is 0.0714 e. The van der Waals surface area contributed by atoms with Crippen LogP contribution in [-0.2, 0) is 5.41 Å². The van der Waals surface area contributed by atoms with Gasteiger partial charge in [-0.3, -0.25) is 0 Å². The van der Waals surface area contributed by atoms with Gasteiger partial charge in [0.2, 0.25) is 0 Å². The zero-order valence-electron chi connectivity index (χ0n) is 20.0. The zero-order chi connectivity index (χ0) is 23.6. The van der Waals surface area contributed by atoms with Gasteiger partial charge in [0, 0.05) is 0 Å². The quantitative estimate of drug-likeness (QED) is 0.249. The van der Waals surface area contributed by atoms with Crippen LogP contribution in [0.5, 0.6) is 0 Å². The average molecular weight is 447 g/mol. The van der Waals surface area contributed by atoms with Crippen molar-refractivity contribution in [1.29, 1.82) is 0 Å². The third-order valence-corrected chi connectivity index (χ3v) is 7.81. The van der Waals surface area contributed by atoms with Crippen molar-refractivity contribution in [3.8, 4) is 11.1 Å². The van der Waals surface area contributed by atoms with Gasteiger partial charge in [-0.15, -0.1) is 0 Å². The summed E-state index contributed by atoms with van der Waals surface area (Å²) in [5.74, 6) is 0. The van der Waals surface area contributed by atoms with Crippen LogP contribution in [0.1, 0.15) is 33.4 Å². The lowest BCUT2D eigenvalue weighted by Crippen LogP contribution is -2.28. The molecule has 7 rings (SSSR count). The lowest BCUT2D eigenvalue weighted by molar-refractivity contribution is 0.771. The van der Waals surface area contributed by atoms with Crippen molar-refractivity contribution in [2.75, 3.05) is 0 Å². The highest BCUT2D eigenvalue weighted by molar-refractivity contribution is 5.91. The van der Waals surface area contributed by atoms with Crippen molar-refractivity contribution >= 4 is 21.5 Å². The summed E-state index contributed by atoms with van der Waals surface area (Å²) in [7, 11) is 0. The minimum Gasteiger partial charge on any atom is -0.0619 e. The second-order valence-corrected chi connectivity index (χ2v) is 9.97. The molecule has 1 aliphatic rings. The summed E-state index contributed by atoms with van der Waals surface area (Å²) in [4.78, 5) is 0. The van der Waals surface area contributed by atoms with Crippen LogP contribution in [0, 0.1) is 13.8 Å². The van der Waals surface area contributed by atoms with Crippen LogP contribution < -0.4 is 0 Å². The fourth-order valence-electron chi connectivity index (χ4n) is 6.22. The molecule has 166 valence electrons. The van der Waals surface area contributed by atoms with E-state index in [1.54, 1.807) is 0 Å². The Kier molecular flexibility index (Phi) is 4.29. The molecule has 0 spiro atoms. The molecule has 0 heterocycles. The van der Waals surface area contributed by atoms with Gasteiger partial charge < -0.3 is 0 Å². The van der Waals surface area contributed by atoms with Crippen LogP contribution in [0.3, 0.4) is 0 Å². The lowest BCUT2D eigenvalue weighted by atomic mass is 9.67. The summed E-state index contributed by atoms with van der Waals surface area (Å²) in [5.41, 5.74) is 10.2. The van der Waals surface area contributed by atoms with Crippen LogP contribution >= 0.6 is 0 Å². The maximum Gasteiger partial charge on any atom is 0.0714 e. The number of fused-ring (bicyclic) bond motifs is 5. The standard InChI is InChI=1S/C35H26/c1-23-11-13-27-21-29(17-15-25(27)19-23)35(30-18-16-26-20-24(2)12-14-28(26)22-30)33-9-5-3-7-31(33)32-8-4-6-10-34(32)35/h3-22H,1-2H3. The normalized spacial score (nSPS) is 13.7. The fourth-order valence-corrected chi connectivity index (χ4v) is 6.22. The highest BCUT2D eigenvalue weighted by Gasteiger charge is 2.45. The van der Waals surface area contributed by atoms with Gasteiger partial charge in [0.25, 0.3) is 0 Å². The zero-order valence-corrected chi connectivity index (χ0v) is 20.0. The van der Waals surface area contributed by atoms with E-state index in [-0.39, 0.29) is 5.41 Å². The van der Waals surface area contributed by atoms with Crippen molar-refractivity contribution in [1.82, 2.24) is 0 Å². The highest BCUT2D eigenvalue weighted by Crippen LogP contribution is 2.56. The predicted molar refractivity (Wildman–Crippen MR) is 148 cm³/mol. The number of benzene rings is 6. The third kappa shape index (κ3) is 2.87. The second kappa shape index (κ2) is 7.42. The minimum absolute atomic E-state index is 0.370. The fraction of sp³-hybridized carbons (Fsp3) is 0.0857. The maximum absolute atomic E-state index is 2.41. The molecule has 0 fully saturated rings. The molecule has 0 nitrogen and oxygen atoms in total. The van der Waals surface area contributed by atoms with Crippen LogP contribution in [-0.4, -0.2) is 0 Å². The van der Waals surface area contributed by atoms with Crippen molar-refractivity contribution in [3.63, 3.8) is 0 Å². The molecule has 0 bridgehead atoms. The smallest absolute Gasteiger partial charge is 0.0619 e. The molecule has 6 aromatic rings. The third-order valence-electron chi connectivity index (χ3n) is 7.81. The first kappa shape index (κ1) is 20.2. The summed E-state index contributed by atoms with van der Waals surface area (Å²) in [6.45, 7) is 4.32. The van der Waals surface area contributed by atoms with Crippen LogP contribution in [0.2, 0.25) is 0 Å². The number of rotatable bonds is 2. The maximum atomic E-state index is 2.41. The van der Waals surface area contributed by atoms with Crippen molar-refractivity contribution in [2.45, 2.75) is 19.3 Å². The molecule has 0 N–H and O–H groups in total. The van der Waals surface area contributed by atoms with E-state index < -0.39 is 0 Å². The Balaban J connectivity index is 1.62. The summed E-state index contributed by atoms with van der Waals surface area (Å²) in [6.07, 6.45) is 0. The number of hydrogen-bond acceptors (Lipinski definition) is 0. The van der Waals surface area contributed by atoms with Crippen molar-refractivity contribution < 1.29 is 0 Å². The first-order chi connectivity index (χ1) is 17.1. The molecule has 35 heavy (non-hydrogen) atoms. The molecule has 0 unspecified atom stereocenters. The Morgan fingerprint density at radius 3 is 1.29 bits per heavy atom. The van der Waals surface area contributed by atoms with Gasteiger partial charge >= 0.3 is 0 Å². The first-order valence-electron chi connectivity index (χ1n) is 12.4. The van der Waals surface area contributed by atoms with Crippen LogP contribution in [0.15, 0.2) is 121 Å². The highest BCUT2D eigenvalue weighted by atomic mass is 14.5. The summed E-state index contributed by atoms with van der Waals surface area (Å²) in [5, 5.41) is 5.14. The molecule has 0 heteroatoms. The summed E-state index contributed by atoms with van der Waals surface area (Å²) < 4.78 is 0. The molecule has 0 saturated heterocycles. The van der Waals surface area contributed by atoms with E-state index in [1.807, 2.05) is 0 Å². The molecule has 0 amide bonds. The van der Waals surface area contributed by atoms with E-state index in [2.05, 4.69) is 135 Å². The average Bonchev–Trinajstić information content (AvgIpc) is 3.19. The van der Waals surface area contributed by atoms with Gasteiger partial charge in [-0.05, 0) is 80.9 Å². The molecule has 0 radical (unpaired) electrons. The molecule has 0 atom stereocenters. The molecular weight excluding hydrogens is 420 g/mol. The Labute approximate surface area is 206 Å². The van der Waals surface area contributed by atoms with Gasteiger partial charge in [0.15, 0.2) is 0 Å². The Hall–Kier alpha value is -4.16. The van der Waals surface area contributed by atoms with E-state index in [0.717, 1.165) is 0 Å². The SMILES string of the molecule is Cc1ccc2cc(C3(c4ccc5cc(C)ccc5c4)c4ccccc4-c4ccccc43)ccc2c1. The van der Waals surface area contributed by atoms with Gasteiger partial charge in [-0.1, -0.05) is 120 Å². The van der Waals surface area contributed by atoms with E-state index in [4.69, 9.17) is 0 Å². The molecule has 0 saturated carbocycles.